The Kier molecular flexibility index (Phi) is 2.72. The highest BCUT2D eigenvalue weighted by molar-refractivity contribution is 5.39. The minimum atomic E-state index is 0.697. The molecule has 2 N–H and O–H groups in total. The largest absolute Gasteiger partial charge is 0.396 e. The number of nitrogen functional groups attached to an aromatic ring is 1. The third-order valence-electron chi connectivity index (χ3n) is 2.77. The van der Waals surface area contributed by atoms with Crippen molar-refractivity contribution in [3.8, 4) is 0 Å². The van der Waals surface area contributed by atoms with E-state index in [9.17, 15) is 0 Å². The maximum atomic E-state index is 5.74. The Hall–Kier alpha value is -1.03. The zero-order chi connectivity index (χ0) is 9.97. The second-order valence-corrected chi connectivity index (χ2v) is 3.95. The summed E-state index contributed by atoms with van der Waals surface area (Å²) >= 11 is 0. The number of aromatic nitrogens is 2. The van der Waals surface area contributed by atoms with Gasteiger partial charge in [0.15, 0.2) is 0 Å². The summed E-state index contributed by atoms with van der Waals surface area (Å²) in [5.74, 6) is 0.697. The molecule has 1 aliphatic rings. The summed E-state index contributed by atoms with van der Waals surface area (Å²) in [6, 6.07) is 0. The Balaban J connectivity index is 1.95. The van der Waals surface area contributed by atoms with E-state index in [1.165, 1.54) is 0 Å². The van der Waals surface area contributed by atoms with Crippen LogP contribution in [0.3, 0.4) is 0 Å². The molecule has 1 aromatic heterocycles. The van der Waals surface area contributed by atoms with E-state index in [0.717, 1.165) is 44.0 Å². The lowest BCUT2D eigenvalue weighted by atomic mass is 10.0. The normalized spacial score (nSPS) is 18.6. The molecule has 14 heavy (non-hydrogen) atoms. The fourth-order valence-electron chi connectivity index (χ4n) is 1.82. The van der Waals surface area contributed by atoms with Crippen LogP contribution >= 0.6 is 0 Å². The Morgan fingerprint density at radius 2 is 2.29 bits per heavy atom. The topological polar surface area (TPSA) is 53.1 Å². The first-order chi connectivity index (χ1) is 6.75. The third-order valence-corrected chi connectivity index (χ3v) is 2.77. The van der Waals surface area contributed by atoms with Crippen LogP contribution in [0.4, 0.5) is 5.69 Å². The van der Waals surface area contributed by atoms with Crippen molar-refractivity contribution >= 4 is 5.69 Å². The lowest BCUT2D eigenvalue weighted by Gasteiger charge is -2.21. The summed E-state index contributed by atoms with van der Waals surface area (Å²) in [6.45, 7) is 4.69. The van der Waals surface area contributed by atoms with Crippen LogP contribution in [0.15, 0.2) is 6.20 Å². The molecule has 4 heteroatoms. The summed E-state index contributed by atoms with van der Waals surface area (Å²) in [5.41, 5.74) is 7.45. The van der Waals surface area contributed by atoms with Crippen LogP contribution in [0.1, 0.15) is 18.5 Å². The number of hydrogen-bond acceptors (Lipinski definition) is 3. The fourth-order valence-corrected chi connectivity index (χ4v) is 1.82. The van der Waals surface area contributed by atoms with Crippen LogP contribution < -0.4 is 5.73 Å². The van der Waals surface area contributed by atoms with Crippen molar-refractivity contribution in [1.82, 2.24) is 9.78 Å². The van der Waals surface area contributed by atoms with Crippen molar-refractivity contribution in [2.75, 3.05) is 18.9 Å². The fraction of sp³-hybridized carbons (Fsp3) is 0.700. The summed E-state index contributed by atoms with van der Waals surface area (Å²) < 4.78 is 7.27. The van der Waals surface area contributed by atoms with Crippen LogP contribution in [0.5, 0.6) is 0 Å². The van der Waals surface area contributed by atoms with Gasteiger partial charge in [-0.05, 0) is 25.7 Å². The van der Waals surface area contributed by atoms with Crippen molar-refractivity contribution in [2.24, 2.45) is 5.92 Å². The molecule has 2 heterocycles. The van der Waals surface area contributed by atoms with E-state index in [2.05, 4.69) is 5.10 Å². The zero-order valence-corrected chi connectivity index (χ0v) is 8.57. The molecule has 0 aromatic carbocycles. The van der Waals surface area contributed by atoms with E-state index in [4.69, 9.17) is 10.5 Å². The molecule has 0 saturated carbocycles. The molecule has 1 saturated heterocycles. The van der Waals surface area contributed by atoms with Gasteiger partial charge in [-0.15, -0.1) is 0 Å². The van der Waals surface area contributed by atoms with Crippen LogP contribution in [-0.4, -0.2) is 23.0 Å². The number of nitrogens with zero attached hydrogens (tertiary/aromatic N) is 2. The molecule has 0 spiro atoms. The number of aryl methyl sites for hydroxylation is 1. The van der Waals surface area contributed by atoms with Gasteiger partial charge in [0.1, 0.15) is 0 Å². The Morgan fingerprint density at radius 3 is 2.86 bits per heavy atom. The molecule has 0 radical (unpaired) electrons. The standard InChI is InChI=1S/C10H17N3O/c1-8-10(11)7-13(12-8)6-9-2-4-14-5-3-9/h7,9H,2-6,11H2,1H3. The molecule has 0 unspecified atom stereocenters. The average Bonchev–Trinajstić information content (AvgIpc) is 2.47. The highest BCUT2D eigenvalue weighted by Crippen LogP contribution is 2.17. The molecule has 1 aromatic rings. The Bertz CT molecular complexity index is 283. The Labute approximate surface area is 84.0 Å². The molecule has 4 nitrogen and oxygen atoms in total. The first-order valence-corrected chi connectivity index (χ1v) is 5.13. The number of ether oxygens (including phenoxy) is 1. The maximum Gasteiger partial charge on any atom is 0.0822 e. The van der Waals surface area contributed by atoms with E-state index in [0.29, 0.717) is 5.92 Å². The van der Waals surface area contributed by atoms with Crippen molar-refractivity contribution in [3.05, 3.63) is 11.9 Å². The maximum absolute atomic E-state index is 5.74. The smallest absolute Gasteiger partial charge is 0.0822 e. The number of hydrogen-bond donors (Lipinski definition) is 1. The van der Waals surface area contributed by atoms with E-state index >= 15 is 0 Å². The molecule has 78 valence electrons. The third kappa shape index (κ3) is 2.07. The highest BCUT2D eigenvalue weighted by Gasteiger charge is 2.14. The number of anilines is 1. The van der Waals surface area contributed by atoms with Crippen LogP contribution in [0, 0.1) is 12.8 Å². The van der Waals surface area contributed by atoms with Gasteiger partial charge in [-0.3, -0.25) is 4.68 Å². The van der Waals surface area contributed by atoms with Gasteiger partial charge in [0.2, 0.25) is 0 Å². The average molecular weight is 195 g/mol. The van der Waals surface area contributed by atoms with Gasteiger partial charge < -0.3 is 10.5 Å². The Morgan fingerprint density at radius 1 is 1.57 bits per heavy atom. The SMILES string of the molecule is Cc1nn(CC2CCOCC2)cc1N. The molecule has 0 bridgehead atoms. The predicted octanol–water partition coefficient (Wildman–Crippen LogP) is 1.20. The van der Waals surface area contributed by atoms with Gasteiger partial charge in [0.25, 0.3) is 0 Å². The predicted molar refractivity (Wildman–Crippen MR) is 54.9 cm³/mol. The number of rotatable bonds is 2. The van der Waals surface area contributed by atoms with E-state index < -0.39 is 0 Å². The molecule has 2 rings (SSSR count). The summed E-state index contributed by atoms with van der Waals surface area (Å²) in [7, 11) is 0. The molecule has 0 atom stereocenters. The quantitative estimate of drug-likeness (QED) is 0.771. The number of nitrogens with two attached hydrogens (primary N) is 1. The van der Waals surface area contributed by atoms with Gasteiger partial charge in [0, 0.05) is 26.0 Å². The van der Waals surface area contributed by atoms with E-state index in [-0.39, 0.29) is 0 Å². The highest BCUT2D eigenvalue weighted by atomic mass is 16.5. The summed E-state index contributed by atoms with van der Waals surface area (Å²) in [6.07, 6.45) is 4.20. The van der Waals surface area contributed by atoms with E-state index in [1.54, 1.807) is 0 Å². The minimum Gasteiger partial charge on any atom is -0.396 e. The van der Waals surface area contributed by atoms with Gasteiger partial charge in [-0.2, -0.15) is 5.10 Å². The van der Waals surface area contributed by atoms with Crippen molar-refractivity contribution in [2.45, 2.75) is 26.3 Å². The van der Waals surface area contributed by atoms with Crippen LogP contribution in [0.2, 0.25) is 0 Å². The molecule has 1 aliphatic heterocycles. The van der Waals surface area contributed by atoms with Gasteiger partial charge in [0.05, 0.1) is 11.4 Å². The zero-order valence-electron chi connectivity index (χ0n) is 8.57. The van der Waals surface area contributed by atoms with E-state index in [1.807, 2.05) is 17.8 Å². The second kappa shape index (κ2) is 4.00. The summed E-state index contributed by atoms with van der Waals surface area (Å²) in [5, 5.41) is 4.36. The molecule has 0 amide bonds. The monoisotopic (exact) mass is 195 g/mol. The second-order valence-electron chi connectivity index (χ2n) is 3.95. The molecule has 0 aliphatic carbocycles. The van der Waals surface area contributed by atoms with Crippen molar-refractivity contribution in [1.29, 1.82) is 0 Å². The van der Waals surface area contributed by atoms with Crippen molar-refractivity contribution in [3.63, 3.8) is 0 Å². The molecular formula is C10H17N3O. The van der Waals surface area contributed by atoms with Crippen molar-refractivity contribution < 1.29 is 4.74 Å². The minimum absolute atomic E-state index is 0.697. The first-order valence-electron chi connectivity index (χ1n) is 5.13. The van der Waals surface area contributed by atoms with Crippen LogP contribution in [0.25, 0.3) is 0 Å². The van der Waals surface area contributed by atoms with Gasteiger partial charge >= 0.3 is 0 Å². The first kappa shape index (κ1) is 9.52. The molecular weight excluding hydrogens is 178 g/mol. The van der Waals surface area contributed by atoms with Gasteiger partial charge in [-0.1, -0.05) is 0 Å². The lowest BCUT2D eigenvalue weighted by Crippen LogP contribution is -2.20. The van der Waals surface area contributed by atoms with Crippen LogP contribution in [-0.2, 0) is 11.3 Å². The van der Waals surface area contributed by atoms with Gasteiger partial charge in [-0.25, -0.2) is 0 Å². The lowest BCUT2D eigenvalue weighted by molar-refractivity contribution is 0.0601. The summed E-state index contributed by atoms with van der Waals surface area (Å²) in [4.78, 5) is 0. The molecule has 1 fully saturated rings.